The second-order valence-corrected chi connectivity index (χ2v) is 5.99. The molecule has 1 aliphatic rings. The third-order valence-corrected chi connectivity index (χ3v) is 4.65. The van der Waals surface area contributed by atoms with Gasteiger partial charge in [0.2, 0.25) is 0 Å². The van der Waals surface area contributed by atoms with E-state index in [1.807, 2.05) is 36.0 Å². The maximum atomic E-state index is 6.71. The molecule has 1 aromatic heterocycles. The van der Waals surface area contributed by atoms with Crippen LogP contribution in [0.25, 0.3) is 0 Å². The molecule has 0 radical (unpaired) electrons. The Hall–Kier alpha value is -1.52. The van der Waals surface area contributed by atoms with Gasteiger partial charge in [0.1, 0.15) is 5.75 Å². The highest BCUT2D eigenvalue weighted by molar-refractivity contribution is 6.31. The van der Waals surface area contributed by atoms with Crippen LogP contribution in [0.2, 0.25) is 5.02 Å². The fourth-order valence-corrected chi connectivity index (χ4v) is 3.34. The first-order chi connectivity index (χ1) is 10.0. The van der Waals surface area contributed by atoms with E-state index in [2.05, 4.69) is 12.0 Å². The van der Waals surface area contributed by atoms with Gasteiger partial charge in [0.05, 0.1) is 28.6 Å². The lowest BCUT2D eigenvalue weighted by molar-refractivity contribution is 0.213. The van der Waals surface area contributed by atoms with Crippen molar-refractivity contribution in [2.45, 2.75) is 31.7 Å². The van der Waals surface area contributed by atoms with Crippen LogP contribution in [0, 0.1) is 0 Å². The standard InChI is InChI=1S/C16H20ClN3O/c1-3-12-15(17)13(20(2)19-12)10-16(18)8-9-21-14-7-5-4-6-11(14)16/h4-7H,3,8-10,18H2,1-2H3. The fraction of sp³-hybridized carbons (Fsp3) is 0.438. The molecule has 0 spiro atoms. The number of rotatable bonds is 3. The van der Waals surface area contributed by atoms with Gasteiger partial charge in [-0.1, -0.05) is 36.7 Å². The summed E-state index contributed by atoms with van der Waals surface area (Å²) in [5.41, 5.74) is 9.22. The largest absolute Gasteiger partial charge is 0.493 e. The first-order valence-electron chi connectivity index (χ1n) is 7.26. The zero-order valence-electron chi connectivity index (χ0n) is 12.4. The third-order valence-electron chi connectivity index (χ3n) is 4.22. The molecule has 2 aromatic rings. The molecule has 4 nitrogen and oxygen atoms in total. The van der Waals surface area contributed by atoms with Gasteiger partial charge in [0.25, 0.3) is 0 Å². The van der Waals surface area contributed by atoms with E-state index < -0.39 is 5.54 Å². The van der Waals surface area contributed by atoms with E-state index in [0.29, 0.717) is 13.0 Å². The van der Waals surface area contributed by atoms with Gasteiger partial charge in [0.15, 0.2) is 0 Å². The molecule has 5 heteroatoms. The van der Waals surface area contributed by atoms with Crippen molar-refractivity contribution in [3.63, 3.8) is 0 Å². The zero-order valence-corrected chi connectivity index (χ0v) is 13.2. The molecule has 0 fully saturated rings. The van der Waals surface area contributed by atoms with E-state index in [9.17, 15) is 0 Å². The van der Waals surface area contributed by atoms with Crippen molar-refractivity contribution in [3.8, 4) is 5.75 Å². The molecule has 3 rings (SSSR count). The molecule has 1 aliphatic heterocycles. The summed E-state index contributed by atoms with van der Waals surface area (Å²) in [4.78, 5) is 0. The van der Waals surface area contributed by atoms with Gasteiger partial charge < -0.3 is 10.5 Å². The predicted molar refractivity (Wildman–Crippen MR) is 83.7 cm³/mol. The lowest BCUT2D eigenvalue weighted by Gasteiger charge is -2.35. The first-order valence-corrected chi connectivity index (χ1v) is 7.64. The summed E-state index contributed by atoms with van der Waals surface area (Å²) in [5, 5.41) is 5.22. The average Bonchev–Trinajstić information content (AvgIpc) is 2.75. The molecular weight excluding hydrogens is 286 g/mol. The summed E-state index contributed by atoms with van der Waals surface area (Å²) >= 11 is 6.47. The van der Waals surface area contributed by atoms with Crippen molar-refractivity contribution in [2.24, 2.45) is 12.8 Å². The molecular formula is C16H20ClN3O. The number of nitrogens with two attached hydrogens (primary N) is 1. The predicted octanol–water partition coefficient (Wildman–Crippen LogP) is 2.82. The molecule has 0 aliphatic carbocycles. The summed E-state index contributed by atoms with van der Waals surface area (Å²) in [6, 6.07) is 7.98. The van der Waals surface area contributed by atoms with Gasteiger partial charge >= 0.3 is 0 Å². The van der Waals surface area contributed by atoms with Crippen LogP contribution in [0.15, 0.2) is 24.3 Å². The topological polar surface area (TPSA) is 53.1 Å². The number of ether oxygens (including phenoxy) is 1. The van der Waals surface area contributed by atoms with Gasteiger partial charge in [-0.05, 0) is 12.5 Å². The van der Waals surface area contributed by atoms with Gasteiger partial charge in [-0.25, -0.2) is 0 Å². The molecule has 1 aromatic carbocycles. The van der Waals surface area contributed by atoms with Crippen molar-refractivity contribution in [3.05, 3.63) is 46.2 Å². The minimum atomic E-state index is -0.461. The normalized spacial score (nSPS) is 21.0. The van der Waals surface area contributed by atoms with Crippen molar-refractivity contribution < 1.29 is 4.74 Å². The Balaban J connectivity index is 2.00. The molecule has 0 saturated heterocycles. The van der Waals surface area contributed by atoms with Crippen molar-refractivity contribution in [1.82, 2.24) is 9.78 Å². The summed E-state index contributed by atoms with van der Waals surface area (Å²) in [6.07, 6.45) is 2.26. The number of hydrogen-bond acceptors (Lipinski definition) is 3. The number of aryl methyl sites for hydroxylation is 2. The molecule has 0 bridgehead atoms. The van der Waals surface area contributed by atoms with Crippen LogP contribution in [-0.2, 0) is 25.4 Å². The highest BCUT2D eigenvalue weighted by Gasteiger charge is 2.35. The average molecular weight is 306 g/mol. The SMILES string of the molecule is CCc1nn(C)c(CC2(N)CCOc3ccccc32)c1Cl. The van der Waals surface area contributed by atoms with Crippen LogP contribution in [0.5, 0.6) is 5.75 Å². The van der Waals surface area contributed by atoms with Crippen molar-refractivity contribution in [1.29, 1.82) is 0 Å². The Bertz CT molecular complexity index is 668. The summed E-state index contributed by atoms with van der Waals surface area (Å²) in [7, 11) is 1.93. The van der Waals surface area contributed by atoms with E-state index in [1.54, 1.807) is 0 Å². The number of nitrogens with zero attached hydrogens (tertiary/aromatic N) is 2. The lowest BCUT2D eigenvalue weighted by atomic mass is 9.81. The van der Waals surface area contributed by atoms with Crippen LogP contribution in [0.3, 0.4) is 0 Å². The smallest absolute Gasteiger partial charge is 0.124 e. The summed E-state index contributed by atoms with van der Waals surface area (Å²) in [6.45, 7) is 2.68. The molecule has 2 N–H and O–H groups in total. The van der Waals surface area contributed by atoms with Gasteiger partial charge in [0, 0.05) is 25.5 Å². The number of fused-ring (bicyclic) bond motifs is 1. The number of para-hydroxylation sites is 1. The lowest BCUT2D eigenvalue weighted by Crippen LogP contribution is -2.43. The Morgan fingerprint density at radius 1 is 1.43 bits per heavy atom. The van der Waals surface area contributed by atoms with E-state index in [0.717, 1.165) is 40.6 Å². The van der Waals surface area contributed by atoms with Gasteiger partial charge in [-0.15, -0.1) is 0 Å². The minimum absolute atomic E-state index is 0.461. The van der Waals surface area contributed by atoms with Crippen LogP contribution >= 0.6 is 11.6 Å². The molecule has 0 amide bonds. The first kappa shape index (κ1) is 14.4. The minimum Gasteiger partial charge on any atom is -0.493 e. The maximum absolute atomic E-state index is 6.71. The fourth-order valence-electron chi connectivity index (χ4n) is 2.98. The molecule has 1 unspecified atom stereocenters. The van der Waals surface area contributed by atoms with Crippen molar-refractivity contribution >= 4 is 11.6 Å². The number of aromatic nitrogens is 2. The molecule has 1 atom stereocenters. The Morgan fingerprint density at radius 3 is 2.90 bits per heavy atom. The number of halogens is 1. The van der Waals surface area contributed by atoms with Crippen LogP contribution in [-0.4, -0.2) is 16.4 Å². The highest BCUT2D eigenvalue weighted by Crippen LogP contribution is 2.38. The number of benzene rings is 1. The molecule has 21 heavy (non-hydrogen) atoms. The number of hydrogen-bond donors (Lipinski definition) is 1. The summed E-state index contributed by atoms with van der Waals surface area (Å²) < 4.78 is 7.56. The second kappa shape index (κ2) is 5.35. The Kier molecular flexibility index (Phi) is 3.68. The second-order valence-electron chi connectivity index (χ2n) is 5.61. The van der Waals surface area contributed by atoms with E-state index in [-0.39, 0.29) is 0 Å². The van der Waals surface area contributed by atoms with Gasteiger partial charge in [-0.2, -0.15) is 5.10 Å². The zero-order chi connectivity index (χ0) is 15.0. The van der Waals surface area contributed by atoms with Gasteiger partial charge in [-0.3, -0.25) is 4.68 Å². The third kappa shape index (κ3) is 2.43. The Morgan fingerprint density at radius 2 is 2.19 bits per heavy atom. The highest BCUT2D eigenvalue weighted by atomic mass is 35.5. The maximum Gasteiger partial charge on any atom is 0.124 e. The van der Waals surface area contributed by atoms with E-state index >= 15 is 0 Å². The monoisotopic (exact) mass is 305 g/mol. The molecule has 2 heterocycles. The van der Waals surface area contributed by atoms with E-state index in [1.165, 1.54) is 0 Å². The molecule has 112 valence electrons. The molecule has 0 saturated carbocycles. The van der Waals surface area contributed by atoms with Crippen LogP contribution < -0.4 is 10.5 Å². The summed E-state index contributed by atoms with van der Waals surface area (Å²) in [5.74, 6) is 0.875. The Labute approximate surface area is 129 Å². The van der Waals surface area contributed by atoms with Crippen LogP contribution in [0.1, 0.15) is 30.3 Å². The van der Waals surface area contributed by atoms with Crippen molar-refractivity contribution in [2.75, 3.05) is 6.61 Å². The van der Waals surface area contributed by atoms with E-state index in [4.69, 9.17) is 22.1 Å². The quantitative estimate of drug-likeness (QED) is 0.948. The van der Waals surface area contributed by atoms with Crippen LogP contribution in [0.4, 0.5) is 0 Å².